The van der Waals surface area contributed by atoms with Gasteiger partial charge in [0.2, 0.25) is 0 Å². The van der Waals surface area contributed by atoms with Crippen LogP contribution in [0.1, 0.15) is 0 Å². The first-order chi connectivity index (χ1) is 4.61. The van der Waals surface area contributed by atoms with Crippen LogP contribution in [0.3, 0.4) is 0 Å². The molecule has 0 aliphatic rings. The molecule has 4 heteroatoms. The van der Waals surface area contributed by atoms with Crippen molar-refractivity contribution in [2.45, 2.75) is 0 Å². The fourth-order valence-corrected chi connectivity index (χ4v) is 2.07. The monoisotopic (exact) mass is 267 g/mol. The maximum Gasteiger partial charge on any atom is 0.169 e. The predicted molar refractivity (Wildman–Crippen MR) is 51.4 cm³/mol. The van der Waals surface area contributed by atoms with Gasteiger partial charge in [-0.25, -0.2) is 0 Å². The Labute approximate surface area is 72.9 Å². The number of halogens is 1. The number of hydrogen-bond donors (Lipinski definition) is 0. The van der Waals surface area contributed by atoms with Gasteiger partial charge in [-0.05, 0) is 34.2 Å². The smallest absolute Gasteiger partial charge is 0.169 e. The van der Waals surface area contributed by atoms with E-state index in [-0.39, 0.29) is 0 Å². The number of aromatic nitrogens is 1. The third-order valence-corrected chi connectivity index (χ3v) is 3.97. The molecule has 0 saturated heterocycles. The van der Waals surface area contributed by atoms with Gasteiger partial charge in [0.15, 0.2) is 4.78 Å². The Hall–Kier alpha value is 0.110. The molecule has 1 aromatic heterocycles. The molecule has 0 aromatic carbocycles. The van der Waals surface area contributed by atoms with Gasteiger partial charge < -0.3 is 4.57 Å². The number of rotatable bonds is 1. The molecule has 1 heterocycles. The summed E-state index contributed by atoms with van der Waals surface area (Å²) in [5.74, 6) is 0. The normalized spacial score (nSPS) is 16.2. The van der Waals surface area contributed by atoms with Crippen LogP contribution in [0.25, 0.3) is 0 Å². The van der Waals surface area contributed by atoms with E-state index in [2.05, 4.69) is 4.98 Å². The lowest BCUT2D eigenvalue weighted by Crippen LogP contribution is -1.98. The second-order valence-corrected chi connectivity index (χ2v) is 9.71. The van der Waals surface area contributed by atoms with Crippen molar-refractivity contribution in [2.75, 3.05) is 6.66 Å². The summed E-state index contributed by atoms with van der Waals surface area (Å²) in [6.07, 6.45) is 3.32. The Bertz CT molecular complexity index is 256. The molecule has 1 rings (SSSR count). The first kappa shape index (κ1) is 8.21. The maximum atomic E-state index is 11.4. The fraction of sp³-hybridized carbons (Fsp3) is 0.167. The summed E-state index contributed by atoms with van der Waals surface area (Å²) < 4.78 is 11.4. The van der Waals surface area contributed by atoms with Crippen molar-refractivity contribution in [2.24, 2.45) is 0 Å². The Morgan fingerprint density at radius 2 is 2.40 bits per heavy atom. The van der Waals surface area contributed by atoms with Crippen molar-refractivity contribution in [3.63, 3.8) is 0 Å². The predicted octanol–water partition coefficient (Wildman–Crippen LogP) is 2.05. The maximum absolute atomic E-state index is 11.4. The molecule has 10 heavy (non-hydrogen) atoms. The average Bonchev–Trinajstić information content (AvgIpc) is 1.88. The van der Waals surface area contributed by atoms with Gasteiger partial charge in [0.25, 0.3) is 0 Å². The van der Waals surface area contributed by atoms with Gasteiger partial charge in [0.1, 0.15) is 0 Å². The average molecular weight is 267 g/mol. The van der Waals surface area contributed by atoms with E-state index in [9.17, 15) is 4.57 Å². The summed E-state index contributed by atoms with van der Waals surface area (Å²) in [7, 11) is 0. The molecule has 0 fully saturated rings. The number of pyridine rings is 1. The van der Waals surface area contributed by atoms with Crippen LogP contribution in [0, 0.1) is 0 Å². The summed E-state index contributed by atoms with van der Waals surface area (Å²) in [5, 5.41) is 0.829. The minimum Gasteiger partial charge on any atom is -0.308 e. The van der Waals surface area contributed by atoms with E-state index in [1.807, 2.05) is 28.1 Å². The molecule has 0 aliphatic heterocycles. The van der Waals surface area contributed by atoms with Crippen LogP contribution in [0.4, 0.5) is 0 Å². The van der Waals surface area contributed by atoms with E-state index in [1.54, 1.807) is 25.1 Å². The van der Waals surface area contributed by atoms with Crippen LogP contribution in [0.2, 0.25) is 0 Å². The van der Waals surface area contributed by atoms with Crippen LogP contribution in [0.15, 0.2) is 24.5 Å². The van der Waals surface area contributed by atoms with E-state index >= 15 is 0 Å². The molecule has 0 aliphatic carbocycles. The van der Waals surface area contributed by atoms with E-state index in [1.165, 1.54) is 0 Å². The van der Waals surface area contributed by atoms with Crippen LogP contribution in [0.5, 0.6) is 0 Å². The van der Waals surface area contributed by atoms with Crippen LogP contribution in [-0.4, -0.2) is 11.6 Å². The van der Waals surface area contributed by atoms with E-state index in [0.717, 1.165) is 5.30 Å². The van der Waals surface area contributed by atoms with Gasteiger partial charge in [0.05, 0.1) is 0 Å². The van der Waals surface area contributed by atoms with Crippen molar-refractivity contribution in [3.8, 4) is 0 Å². The van der Waals surface area contributed by atoms with Gasteiger partial charge in [-0.1, -0.05) is 0 Å². The number of hydrogen-bond acceptors (Lipinski definition) is 2. The topological polar surface area (TPSA) is 30.0 Å². The molecule has 1 unspecified atom stereocenters. The summed E-state index contributed by atoms with van der Waals surface area (Å²) in [6, 6.07) is 3.63. The SMILES string of the molecule is CP(=O)(I)c1cccnc1. The zero-order valence-electron chi connectivity index (χ0n) is 5.49. The summed E-state index contributed by atoms with van der Waals surface area (Å²) in [6.45, 7) is 1.73. The highest BCUT2D eigenvalue weighted by atomic mass is 127. The molecular formula is C6H7INOP. The van der Waals surface area contributed by atoms with Crippen LogP contribution >= 0.6 is 26.8 Å². The molecule has 0 spiro atoms. The largest absolute Gasteiger partial charge is 0.308 e. The molecule has 1 aromatic rings. The Balaban J connectivity index is 3.09. The van der Waals surface area contributed by atoms with Crippen molar-refractivity contribution in [3.05, 3.63) is 24.5 Å². The third kappa shape index (κ3) is 2.06. The van der Waals surface area contributed by atoms with E-state index in [0.29, 0.717) is 0 Å². The summed E-state index contributed by atoms with van der Waals surface area (Å²) >= 11 is 1.96. The minimum absolute atomic E-state index is 0.829. The highest BCUT2D eigenvalue weighted by molar-refractivity contribution is 14.2. The Kier molecular flexibility index (Phi) is 2.47. The molecule has 54 valence electrons. The first-order valence-corrected chi connectivity index (χ1v) is 7.72. The van der Waals surface area contributed by atoms with Crippen LogP contribution in [-0.2, 0) is 4.57 Å². The van der Waals surface area contributed by atoms with Crippen molar-refractivity contribution in [1.29, 1.82) is 0 Å². The molecule has 1 atom stereocenters. The van der Waals surface area contributed by atoms with Gasteiger partial charge in [-0.3, -0.25) is 4.98 Å². The van der Waals surface area contributed by atoms with Gasteiger partial charge >= 0.3 is 0 Å². The molecule has 0 saturated carbocycles. The minimum atomic E-state index is -2.11. The third-order valence-electron chi connectivity index (χ3n) is 1.11. The van der Waals surface area contributed by atoms with E-state index < -0.39 is 4.78 Å². The molecule has 0 radical (unpaired) electrons. The van der Waals surface area contributed by atoms with Crippen LogP contribution < -0.4 is 5.30 Å². The molecular weight excluding hydrogens is 260 g/mol. The molecule has 0 amide bonds. The lowest BCUT2D eigenvalue weighted by Gasteiger charge is -2.01. The summed E-state index contributed by atoms with van der Waals surface area (Å²) in [4.78, 5) is 1.76. The zero-order chi connectivity index (χ0) is 7.61. The molecule has 2 nitrogen and oxygen atoms in total. The number of nitrogens with zero attached hydrogens (tertiary/aromatic N) is 1. The second-order valence-electron chi connectivity index (χ2n) is 2.03. The highest BCUT2D eigenvalue weighted by Gasteiger charge is 2.11. The molecule has 0 bridgehead atoms. The fourth-order valence-electron chi connectivity index (χ4n) is 0.590. The lowest BCUT2D eigenvalue weighted by molar-refractivity contribution is 0.595. The quantitative estimate of drug-likeness (QED) is 0.575. The van der Waals surface area contributed by atoms with Gasteiger partial charge in [-0.2, -0.15) is 0 Å². The van der Waals surface area contributed by atoms with Crippen molar-refractivity contribution in [1.82, 2.24) is 4.98 Å². The highest BCUT2D eigenvalue weighted by Crippen LogP contribution is 2.48. The van der Waals surface area contributed by atoms with Gasteiger partial charge in [-0.15, -0.1) is 0 Å². The summed E-state index contributed by atoms with van der Waals surface area (Å²) in [5.41, 5.74) is 0. The molecule has 0 N–H and O–H groups in total. The second kappa shape index (κ2) is 3.01. The van der Waals surface area contributed by atoms with Crippen molar-refractivity contribution >= 4 is 32.1 Å². The first-order valence-electron chi connectivity index (χ1n) is 2.78. The van der Waals surface area contributed by atoms with E-state index in [4.69, 9.17) is 0 Å². The zero-order valence-corrected chi connectivity index (χ0v) is 8.54. The van der Waals surface area contributed by atoms with Gasteiger partial charge in [0, 0.05) is 24.4 Å². The lowest BCUT2D eigenvalue weighted by atomic mass is 10.5. The Morgan fingerprint density at radius 1 is 1.70 bits per heavy atom. The van der Waals surface area contributed by atoms with Crippen molar-refractivity contribution < 1.29 is 4.57 Å². The Morgan fingerprint density at radius 3 is 2.70 bits per heavy atom. The standard InChI is InChI=1S/C6H7INOP/c1-10(7,9)6-3-2-4-8-5-6/h2-5H,1H3.